The summed E-state index contributed by atoms with van der Waals surface area (Å²) in [5.74, 6) is 0.817. The molecule has 7 nitrogen and oxygen atoms in total. The molecule has 1 saturated carbocycles. The third-order valence-electron chi connectivity index (χ3n) is 5.19. The monoisotopic (exact) mass is 424 g/mol. The Morgan fingerprint density at radius 2 is 1.97 bits per heavy atom. The maximum absolute atomic E-state index is 12.6. The molecule has 0 unspecified atom stereocenters. The van der Waals surface area contributed by atoms with Gasteiger partial charge in [0.25, 0.3) is 0 Å². The number of carbonyl (C=O) groups is 2. The topological polar surface area (TPSA) is 83.6 Å². The molecule has 1 aromatic heterocycles. The molecule has 1 aliphatic rings. The van der Waals surface area contributed by atoms with Gasteiger partial charge in [-0.2, -0.15) is 0 Å². The molecule has 0 bridgehead atoms. The Morgan fingerprint density at radius 1 is 1.16 bits per heavy atom. The normalized spacial score (nSPS) is 13.2. The minimum atomic E-state index is -0.138. The third-order valence-corrected chi connectivity index (χ3v) is 5.19. The molecule has 0 aliphatic heterocycles. The van der Waals surface area contributed by atoms with E-state index in [1.165, 1.54) is 0 Å². The number of rotatable bonds is 11. The van der Waals surface area contributed by atoms with Crippen LogP contribution in [0.2, 0.25) is 0 Å². The number of hydrogen-bond donors (Lipinski definition) is 2. The number of nitrogens with zero attached hydrogens (tertiary/aromatic N) is 2. The highest BCUT2D eigenvalue weighted by molar-refractivity contribution is 5.93. The first-order chi connectivity index (χ1) is 15.0. The molecule has 1 aliphatic carbocycles. The quantitative estimate of drug-likeness (QED) is 0.571. The van der Waals surface area contributed by atoms with Crippen LogP contribution in [0.15, 0.2) is 36.5 Å². The second kappa shape index (κ2) is 10.9. The minimum absolute atomic E-state index is 0.0546. The second-order valence-electron chi connectivity index (χ2n) is 8.06. The van der Waals surface area contributed by atoms with Crippen LogP contribution in [0.1, 0.15) is 43.7 Å². The summed E-state index contributed by atoms with van der Waals surface area (Å²) < 4.78 is 5.65. The van der Waals surface area contributed by atoms with Crippen molar-refractivity contribution in [1.29, 1.82) is 0 Å². The van der Waals surface area contributed by atoms with Crippen molar-refractivity contribution in [3.8, 4) is 5.75 Å². The highest BCUT2D eigenvalue weighted by Gasteiger charge is 2.30. The Bertz CT molecular complexity index is 911. The molecule has 0 spiro atoms. The molecule has 0 saturated heterocycles. The van der Waals surface area contributed by atoms with Gasteiger partial charge >= 0.3 is 0 Å². The molecule has 0 atom stereocenters. The van der Waals surface area contributed by atoms with Gasteiger partial charge in [-0.3, -0.25) is 14.5 Å². The number of pyridine rings is 1. The second-order valence-corrected chi connectivity index (χ2v) is 8.06. The predicted molar refractivity (Wildman–Crippen MR) is 122 cm³/mol. The van der Waals surface area contributed by atoms with Crippen molar-refractivity contribution < 1.29 is 14.3 Å². The molecule has 7 heteroatoms. The molecule has 2 aromatic rings. The standard InChI is InChI=1S/C24H32N4O3/c1-4-14-31-21-6-5-12-25-24(21)27-22(29)11-13-28(19-9-10-19)16-23(30)26-20-15-17(2)7-8-18(20)3/h5-8,12,15,19H,4,9-11,13-14,16H2,1-3H3,(H,26,30)(H,25,27,29). The lowest BCUT2D eigenvalue weighted by atomic mass is 10.1. The van der Waals surface area contributed by atoms with E-state index in [1.54, 1.807) is 18.3 Å². The van der Waals surface area contributed by atoms with Crippen LogP contribution in [0.4, 0.5) is 11.5 Å². The predicted octanol–water partition coefficient (Wildman–Crippen LogP) is 3.92. The molecule has 31 heavy (non-hydrogen) atoms. The smallest absolute Gasteiger partial charge is 0.238 e. The molecule has 3 rings (SSSR count). The van der Waals surface area contributed by atoms with E-state index in [1.807, 2.05) is 39.0 Å². The van der Waals surface area contributed by atoms with Crippen LogP contribution < -0.4 is 15.4 Å². The number of aromatic nitrogens is 1. The largest absolute Gasteiger partial charge is 0.490 e. The lowest BCUT2D eigenvalue weighted by Gasteiger charge is -2.21. The summed E-state index contributed by atoms with van der Waals surface area (Å²) >= 11 is 0. The van der Waals surface area contributed by atoms with Crippen molar-refractivity contribution in [3.63, 3.8) is 0 Å². The summed E-state index contributed by atoms with van der Waals surface area (Å²) in [6, 6.07) is 9.96. The first-order valence-corrected chi connectivity index (χ1v) is 10.9. The van der Waals surface area contributed by atoms with Gasteiger partial charge in [-0.1, -0.05) is 19.1 Å². The number of benzene rings is 1. The fraction of sp³-hybridized carbons (Fsp3) is 0.458. The minimum Gasteiger partial charge on any atom is -0.490 e. The van der Waals surface area contributed by atoms with Crippen LogP contribution in [0.5, 0.6) is 5.75 Å². The Morgan fingerprint density at radius 3 is 2.71 bits per heavy atom. The van der Waals surface area contributed by atoms with Crippen molar-refractivity contribution in [1.82, 2.24) is 9.88 Å². The van der Waals surface area contributed by atoms with E-state index in [0.717, 1.165) is 36.1 Å². The Labute approximate surface area is 184 Å². The van der Waals surface area contributed by atoms with Crippen molar-refractivity contribution in [2.45, 2.75) is 52.5 Å². The number of ether oxygens (including phenoxy) is 1. The summed E-state index contributed by atoms with van der Waals surface area (Å²) in [5, 5.41) is 5.85. The van der Waals surface area contributed by atoms with E-state index < -0.39 is 0 Å². The van der Waals surface area contributed by atoms with E-state index in [2.05, 4.69) is 20.5 Å². The molecule has 0 radical (unpaired) electrons. The highest BCUT2D eigenvalue weighted by Crippen LogP contribution is 2.27. The molecule has 2 amide bonds. The van der Waals surface area contributed by atoms with E-state index >= 15 is 0 Å². The van der Waals surface area contributed by atoms with Gasteiger partial charge in [-0.05, 0) is 62.4 Å². The molecular formula is C24H32N4O3. The van der Waals surface area contributed by atoms with Crippen molar-refractivity contribution in [2.75, 3.05) is 30.3 Å². The lowest BCUT2D eigenvalue weighted by molar-refractivity contribution is -0.119. The summed E-state index contributed by atoms with van der Waals surface area (Å²) in [4.78, 5) is 31.4. The van der Waals surface area contributed by atoms with E-state index in [0.29, 0.717) is 30.8 Å². The maximum Gasteiger partial charge on any atom is 0.238 e. The maximum atomic E-state index is 12.6. The summed E-state index contributed by atoms with van der Waals surface area (Å²) in [7, 11) is 0. The van der Waals surface area contributed by atoms with Crippen molar-refractivity contribution >= 4 is 23.3 Å². The molecule has 2 N–H and O–H groups in total. The van der Waals surface area contributed by atoms with E-state index in [4.69, 9.17) is 4.74 Å². The average Bonchev–Trinajstić information content (AvgIpc) is 3.58. The molecule has 1 fully saturated rings. The average molecular weight is 425 g/mol. The van der Waals surface area contributed by atoms with Crippen molar-refractivity contribution in [3.05, 3.63) is 47.7 Å². The van der Waals surface area contributed by atoms with Crippen LogP contribution in [0, 0.1) is 13.8 Å². The van der Waals surface area contributed by atoms with Gasteiger partial charge < -0.3 is 15.4 Å². The fourth-order valence-corrected chi connectivity index (χ4v) is 3.33. The van der Waals surface area contributed by atoms with Gasteiger partial charge in [0.1, 0.15) is 0 Å². The Kier molecular flexibility index (Phi) is 8.00. The van der Waals surface area contributed by atoms with Crippen LogP contribution in [0.25, 0.3) is 0 Å². The first-order valence-electron chi connectivity index (χ1n) is 10.9. The van der Waals surface area contributed by atoms with Crippen LogP contribution in [-0.2, 0) is 9.59 Å². The zero-order chi connectivity index (χ0) is 22.2. The Balaban J connectivity index is 1.52. The number of hydrogen-bond acceptors (Lipinski definition) is 5. The van der Waals surface area contributed by atoms with Crippen molar-refractivity contribution in [2.24, 2.45) is 0 Å². The van der Waals surface area contributed by atoms with Crippen LogP contribution >= 0.6 is 0 Å². The summed E-state index contributed by atoms with van der Waals surface area (Å²) in [6.07, 6.45) is 4.92. The molecule has 166 valence electrons. The number of nitrogens with one attached hydrogen (secondary N) is 2. The summed E-state index contributed by atoms with van der Waals surface area (Å²) in [6.45, 7) is 7.38. The SMILES string of the molecule is CCCOc1cccnc1NC(=O)CCN(CC(=O)Nc1cc(C)ccc1C)C1CC1. The third kappa shape index (κ3) is 7.07. The zero-order valence-corrected chi connectivity index (χ0v) is 18.6. The molecule has 1 aromatic carbocycles. The molecular weight excluding hydrogens is 392 g/mol. The molecule has 1 heterocycles. The van der Waals surface area contributed by atoms with Gasteiger partial charge in [-0.25, -0.2) is 4.98 Å². The van der Waals surface area contributed by atoms with E-state index in [9.17, 15) is 9.59 Å². The van der Waals surface area contributed by atoms with Gasteiger partial charge in [0, 0.05) is 30.9 Å². The lowest BCUT2D eigenvalue weighted by Crippen LogP contribution is -2.37. The number of aryl methyl sites for hydroxylation is 2. The van der Waals surface area contributed by atoms with E-state index in [-0.39, 0.29) is 24.8 Å². The zero-order valence-electron chi connectivity index (χ0n) is 18.6. The Hall–Kier alpha value is -2.93. The summed E-state index contributed by atoms with van der Waals surface area (Å²) in [5.41, 5.74) is 2.98. The van der Waals surface area contributed by atoms with Gasteiger partial charge in [0.05, 0.1) is 13.2 Å². The van der Waals surface area contributed by atoms with Gasteiger partial charge in [0.15, 0.2) is 11.6 Å². The first kappa shape index (κ1) is 22.7. The van der Waals surface area contributed by atoms with Crippen LogP contribution in [0.3, 0.4) is 0 Å². The van der Waals surface area contributed by atoms with Gasteiger partial charge in [0.2, 0.25) is 11.8 Å². The number of amides is 2. The van der Waals surface area contributed by atoms with Crippen LogP contribution in [-0.4, -0.2) is 47.4 Å². The number of carbonyl (C=O) groups excluding carboxylic acids is 2. The highest BCUT2D eigenvalue weighted by atomic mass is 16.5. The fourth-order valence-electron chi connectivity index (χ4n) is 3.33. The number of anilines is 2. The van der Waals surface area contributed by atoms with Gasteiger partial charge in [-0.15, -0.1) is 0 Å².